The van der Waals surface area contributed by atoms with Crippen molar-refractivity contribution in [3.63, 3.8) is 0 Å². The van der Waals surface area contributed by atoms with E-state index < -0.39 is 40.8 Å². The summed E-state index contributed by atoms with van der Waals surface area (Å²) in [5.41, 5.74) is 7.51. The number of carbonyl (C=O) groups excluding carboxylic acids is 1. The first-order valence-corrected chi connectivity index (χ1v) is 11.4. The topological polar surface area (TPSA) is 194 Å². The molecule has 1 amide bonds. The lowest BCUT2D eigenvalue weighted by atomic mass is 9.89. The van der Waals surface area contributed by atoms with Gasteiger partial charge in [-0.05, 0) is 31.4 Å². The van der Waals surface area contributed by atoms with Gasteiger partial charge < -0.3 is 21.7 Å². The molecule has 6 N–H and O–H groups in total. The molecule has 1 aliphatic rings. The number of aryl methyl sites for hydroxylation is 1. The summed E-state index contributed by atoms with van der Waals surface area (Å²) in [4.78, 5) is 29.1. The van der Waals surface area contributed by atoms with Crippen molar-refractivity contribution in [2.75, 3.05) is 5.73 Å². The molecule has 1 aliphatic carbocycles. The van der Waals surface area contributed by atoms with Crippen LogP contribution in [0.3, 0.4) is 0 Å². The number of carboxylic acid groups (broad SMARTS) is 1. The number of halogens is 6. The van der Waals surface area contributed by atoms with Crippen molar-refractivity contribution in [2.24, 2.45) is 11.1 Å². The summed E-state index contributed by atoms with van der Waals surface area (Å²) in [5.74, 6) is -4.63. The Balaban J connectivity index is 0.000000587. The van der Waals surface area contributed by atoms with E-state index in [9.17, 15) is 41.5 Å². The number of carbonyl (C=O) groups is 2. The zero-order chi connectivity index (χ0) is 31.0. The highest BCUT2D eigenvalue weighted by molar-refractivity contribution is 5.86. The molecule has 11 nitrogen and oxygen atoms in total. The number of nitriles is 1. The minimum atomic E-state index is -5.33. The van der Waals surface area contributed by atoms with E-state index in [1.165, 1.54) is 18.5 Å². The van der Waals surface area contributed by atoms with Gasteiger partial charge in [0.15, 0.2) is 0 Å². The smallest absolute Gasteiger partial charge is 0.475 e. The molecule has 3 aromatic rings. The van der Waals surface area contributed by atoms with E-state index >= 15 is 0 Å². The van der Waals surface area contributed by atoms with Crippen LogP contribution in [-0.4, -0.2) is 54.2 Å². The summed E-state index contributed by atoms with van der Waals surface area (Å²) in [5, 5.41) is 30.8. The van der Waals surface area contributed by atoms with Crippen LogP contribution in [0.4, 0.5) is 32.2 Å². The van der Waals surface area contributed by atoms with Gasteiger partial charge in [0.25, 0.3) is 11.5 Å². The number of alkyl halides is 6. The predicted molar refractivity (Wildman–Crippen MR) is 128 cm³/mol. The van der Waals surface area contributed by atoms with Crippen LogP contribution in [0.15, 0.2) is 36.8 Å². The predicted octanol–water partition coefficient (Wildman–Crippen LogP) is 3.07. The van der Waals surface area contributed by atoms with Gasteiger partial charge in [-0.3, -0.25) is 9.48 Å². The molecule has 4 rings (SSSR count). The zero-order valence-electron chi connectivity index (χ0n) is 21.0. The molecule has 1 unspecified atom stereocenters. The van der Waals surface area contributed by atoms with Crippen LogP contribution in [0.25, 0.3) is 22.5 Å². The standard InChI is InChI=1S/C22H20F3N7O2.C2HF3O2/c1-12-2-3-14(21(34,19(28)33)22(23,24)25)6-15(12)16-8-29-18(27)17(31-16)13-7-30-32(9-13)11-20(10-26)4-5-20;3-2(4,5)1(6)7/h2-3,6-9,34H,4-5,11H2,1H3,(H2,27,29)(H2,28,33);(H,6,7). The number of nitrogens with two attached hydrogens (primary N) is 2. The number of amides is 1. The van der Waals surface area contributed by atoms with Crippen LogP contribution in [0, 0.1) is 23.7 Å². The van der Waals surface area contributed by atoms with Gasteiger partial charge in [-0.1, -0.05) is 12.1 Å². The second-order valence-electron chi connectivity index (χ2n) is 9.21. The fourth-order valence-electron chi connectivity index (χ4n) is 3.65. The number of rotatable bonds is 6. The van der Waals surface area contributed by atoms with E-state index in [-0.39, 0.29) is 22.8 Å². The van der Waals surface area contributed by atoms with Gasteiger partial charge in [0, 0.05) is 22.9 Å². The molecule has 1 atom stereocenters. The number of hydrogen-bond acceptors (Lipinski definition) is 8. The number of nitrogens with zero attached hydrogens (tertiary/aromatic N) is 5. The van der Waals surface area contributed by atoms with Crippen LogP contribution in [0.5, 0.6) is 0 Å². The average molecular weight is 585 g/mol. The Hall–Kier alpha value is -4.72. The summed E-state index contributed by atoms with van der Waals surface area (Å²) in [6.45, 7) is 2.05. The molecule has 1 aromatic carbocycles. The molecule has 0 saturated heterocycles. The van der Waals surface area contributed by atoms with E-state index in [2.05, 4.69) is 21.1 Å². The molecule has 218 valence electrons. The lowest BCUT2D eigenvalue weighted by Crippen LogP contribution is -2.52. The Morgan fingerprint density at radius 1 is 1.17 bits per heavy atom. The highest BCUT2D eigenvalue weighted by atomic mass is 19.4. The van der Waals surface area contributed by atoms with Crippen LogP contribution in [-0.2, 0) is 21.7 Å². The summed E-state index contributed by atoms with van der Waals surface area (Å²) in [7, 11) is 0. The number of anilines is 1. The van der Waals surface area contributed by atoms with Crippen molar-refractivity contribution in [2.45, 2.75) is 44.3 Å². The molecule has 0 radical (unpaired) electrons. The molecule has 2 heterocycles. The van der Waals surface area contributed by atoms with Gasteiger partial charge in [-0.15, -0.1) is 0 Å². The van der Waals surface area contributed by atoms with Crippen LogP contribution < -0.4 is 11.5 Å². The number of carboxylic acids is 1. The lowest BCUT2D eigenvalue weighted by molar-refractivity contribution is -0.255. The van der Waals surface area contributed by atoms with E-state index in [4.69, 9.17) is 21.4 Å². The second-order valence-corrected chi connectivity index (χ2v) is 9.21. The van der Waals surface area contributed by atoms with Crippen LogP contribution in [0.2, 0.25) is 0 Å². The lowest BCUT2D eigenvalue weighted by Gasteiger charge is -2.28. The highest BCUT2D eigenvalue weighted by Crippen LogP contribution is 2.46. The van der Waals surface area contributed by atoms with Gasteiger partial charge in [0.05, 0.1) is 36.1 Å². The maximum atomic E-state index is 13.5. The summed E-state index contributed by atoms with van der Waals surface area (Å²) < 4.78 is 74.0. The van der Waals surface area contributed by atoms with Crippen molar-refractivity contribution < 1.29 is 46.1 Å². The van der Waals surface area contributed by atoms with Crippen molar-refractivity contribution in [3.8, 4) is 28.6 Å². The van der Waals surface area contributed by atoms with Crippen molar-refractivity contribution >= 4 is 17.7 Å². The first-order valence-electron chi connectivity index (χ1n) is 11.4. The third kappa shape index (κ3) is 6.38. The van der Waals surface area contributed by atoms with Gasteiger partial charge >= 0.3 is 18.3 Å². The fourth-order valence-corrected chi connectivity index (χ4v) is 3.65. The van der Waals surface area contributed by atoms with Gasteiger partial charge in [0.1, 0.15) is 11.5 Å². The van der Waals surface area contributed by atoms with E-state index in [1.54, 1.807) is 17.8 Å². The normalized spacial score (nSPS) is 15.6. The third-order valence-electron chi connectivity index (χ3n) is 6.20. The zero-order valence-corrected chi connectivity index (χ0v) is 21.0. The maximum absolute atomic E-state index is 13.5. The largest absolute Gasteiger partial charge is 0.490 e. The SMILES string of the molecule is Cc1ccc(C(O)(C(N)=O)C(F)(F)F)cc1-c1cnc(N)c(-c2cnn(CC3(C#N)CC3)c2)n1.O=C(O)C(F)(F)F. The summed E-state index contributed by atoms with van der Waals surface area (Å²) in [6, 6.07) is 5.59. The molecular weight excluding hydrogens is 564 g/mol. The minimum absolute atomic E-state index is 0.0717. The quantitative estimate of drug-likeness (QED) is 0.315. The number of benzene rings is 1. The molecular formula is C24H21F6N7O4. The van der Waals surface area contributed by atoms with Gasteiger partial charge in [-0.2, -0.15) is 36.7 Å². The Morgan fingerprint density at radius 2 is 1.78 bits per heavy atom. The molecule has 1 fully saturated rings. The van der Waals surface area contributed by atoms with E-state index in [1.807, 2.05) is 0 Å². The second kappa shape index (κ2) is 10.7. The Morgan fingerprint density at radius 3 is 2.27 bits per heavy atom. The van der Waals surface area contributed by atoms with Crippen molar-refractivity contribution in [1.29, 1.82) is 5.26 Å². The minimum Gasteiger partial charge on any atom is -0.475 e. The number of hydrogen-bond donors (Lipinski definition) is 4. The molecule has 0 bridgehead atoms. The number of aliphatic carboxylic acids is 1. The van der Waals surface area contributed by atoms with Gasteiger partial charge in [0.2, 0.25) is 0 Å². The first-order chi connectivity index (χ1) is 18.8. The number of aliphatic hydroxyl groups is 1. The Bertz CT molecular complexity index is 1530. The van der Waals surface area contributed by atoms with Crippen molar-refractivity contribution in [3.05, 3.63) is 47.9 Å². The van der Waals surface area contributed by atoms with E-state index in [0.717, 1.165) is 25.0 Å². The summed E-state index contributed by atoms with van der Waals surface area (Å²) in [6.07, 6.45) is -4.37. The molecule has 0 aliphatic heterocycles. The van der Waals surface area contributed by atoms with Crippen LogP contribution in [0.1, 0.15) is 24.0 Å². The summed E-state index contributed by atoms with van der Waals surface area (Å²) >= 11 is 0. The molecule has 17 heteroatoms. The molecule has 2 aromatic heterocycles. The van der Waals surface area contributed by atoms with Crippen molar-refractivity contribution in [1.82, 2.24) is 19.7 Å². The van der Waals surface area contributed by atoms with Crippen LogP contribution >= 0.6 is 0 Å². The maximum Gasteiger partial charge on any atom is 0.490 e. The van der Waals surface area contributed by atoms with E-state index in [0.29, 0.717) is 17.7 Å². The number of nitrogen functional groups attached to an aromatic ring is 1. The molecule has 0 spiro atoms. The number of primary amides is 1. The monoisotopic (exact) mass is 585 g/mol. The Kier molecular flexibility index (Phi) is 8.03. The number of aromatic nitrogens is 4. The highest BCUT2D eigenvalue weighted by Gasteiger charge is 2.60. The fraction of sp³-hybridized carbons (Fsp3) is 0.333. The molecule has 41 heavy (non-hydrogen) atoms. The molecule has 1 saturated carbocycles. The van der Waals surface area contributed by atoms with Gasteiger partial charge in [-0.25, -0.2) is 14.8 Å². The Labute approximate surface area is 227 Å². The first kappa shape index (κ1) is 30.8. The third-order valence-corrected chi connectivity index (χ3v) is 6.20. The average Bonchev–Trinajstić information content (AvgIpc) is 3.50.